The highest BCUT2D eigenvalue weighted by molar-refractivity contribution is 7.85. The van der Waals surface area contributed by atoms with Crippen molar-refractivity contribution in [3.05, 3.63) is 0 Å². The van der Waals surface area contributed by atoms with Crippen molar-refractivity contribution in [1.82, 2.24) is 37.2 Å². The minimum absolute atomic E-state index is 0.00807. The molecule has 0 saturated heterocycles. The van der Waals surface area contributed by atoms with Gasteiger partial charge in [-0.3, -0.25) is 38.1 Å². The Morgan fingerprint density at radius 1 is 0.381 bits per heavy atom. The third-order valence-electron chi connectivity index (χ3n) is 12.9. The summed E-state index contributed by atoms with van der Waals surface area (Å²) in [5.74, 6) is -2.76. The fourth-order valence-corrected chi connectivity index (χ4v) is 9.05. The zero-order valence-corrected chi connectivity index (χ0v) is 52.6. The van der Waals surface area contributed by atoms with Gasteiger partial charge in [0.1, 0.15) is 6.04 Å². The molecule has 6 amide bonds. The summed E-state index contributed by atoms with van der Waals surface area (Å²) in [6.45, 7) is 9.70. The van der Waals surface area contributed by atoms with Crippen molar-refractivity contribution in [3.8, 4) is 0 Å². The highest BCUT2D eigenvalue weighted by Crippen LogP contribution is 2.14. The molecule has 0 bridgehead atoms. The molecular weight excluding hydrogens is 1130 g/mol. The van der Waals surface area contributed by atoms with Crippen LogP contribution in [0.3, 0.4) is 0 Å². The van der Waals surface area contributed by atoms with Crippen LogP contribution in [-0.4, -0.2) is 201 Å². The molecule has 0 aromatic heterocycles. The third kappa shape index (κ3) is 58.4. The third-order valence-corrected chi connectivity index (χ3v) is 14.1. The SMILES string of the molecule is CCN[C@@H](CCCCNC(=O)CCC(=O)NCCCOCCOCCOCCCNC(=O)CCC(=O)NCCCOCCOCCOCCCNC(=O)CC[C@H](NC(=O)CCCCCCCCCCCCCCCS(=O)(=O)O)C(=O)O)C(=O)P. The van der Waals surface area contributed by atoms with Gasteiger partial charge < -0.3 is 70.7 Å². The van der Waals surface area contributed by atoms with E-state index >= 15 is 0 Å². The maximum absolute atomic E-state index is 12.4. The summed E-state index contributed by atoms with van der Waals surface area (Å²) in [5.41, 5.74) is 0.0345. The molecule has 0 aromatic rings. The largest absolute Gasteiger partial charge is 0.480 e. The van der Waals surface area contributed by atoms with Crippen LogP contribution in [0.5, 0.6) is 0 Å². The van der Waals surface area contributed by atoms with Gasteiger partial charge in [0, 0.05) is 97.7 Å². The van der Waals surface area contributed by atoms with E-state index < -0.39 is 22.1 Å². The molecule has 0 spiro atoms. The first-order valence-corrected chi connectivity index (χ1v) is 33.0. The Hall–Kier alpha value is -3.98. The Morgan fingerprint density at radius 3 is 1.04 bits per heavy atom. The number of carbonyl (C=O) groups is 8. The molecule has 3 atom stereocenters. The Kier molecular flexibility index (Phi) is 55.3. The van der Waals surface area contributed by atoms with E-state index in [2.05, 4.69) is 46.5 Å². The minimum atomic E-state index is -3.85. The Morgan fingerprint density at radius 2 is 0.702 bits per heavy atom. The number of carbonyl (C=O) groups excluding carboxylic acids is 7. The molecule has 84 heavy (non-hydrogen) atoms. The summed E-state index contributed by atoms with van der Waals surface area (Å²) < 4.78 is 63.3. The van der Waals surface area contributed by atoms with Crippen molar-refractivity contribution < 1.29 is 84.9 Å². The molecule has 0 radical (unpaired) electrons. The van der Waals surface area contributed by atoms with Crippen molar-refractivity contribution in [2.45, 2.75) is 192 Å². The second-order valence-corrected chi connectivity index (χ2v) is 22.6. The van der Waals surface area contributed by atoms with E-state index in [0.29, 0.717) is 157 Å². The molecule has 1 unspecified atom stereocenters. The van der Waals surface area contributed by atoms with Gasteiger partial charge in [0.25, 0.3) is 10.1 Å². The van der Waals surface area contributed by atoms with Crippen LogP contribution in [0, 0.1) is 0 Å². The summed E-state index contributed by atoms with van der Waals surface area (Å²) >= 11 is 0. The maximum Gasteiger partial charge on any atom is 0.326 e. The number of rotatable bonds is 63. The Bertz CT molecular complexity index is 1840. The van der Waals surface area contributed by atoms with Gasteiger partial charge in [-0.15, -0.1) is 0 Å². The molecule has 0 aliphatic rings. The number of hydrogen-bond acceptors (Lipinski definition) is 17. The van der Waals surface area contributed by atoms with E-state index in [1.165, 1.54) is 0 Å². The van der Waals surface area contributed by atoms with Crippen LogP contribution >= 0.6 is 9.24 Å². The lowest BCUT2D eigenvalue weighted by Crippen LogP contribution is -2.41. The first-order valence-electron chi connectivity index (χ1n) is 30.8. The molecule has 0 aliphatic heterocycles. The molecule has 9 N–H and O–H groups in total. The summed E-state index contributed by atoms with van der Waals surface area (Å²) in [4.78, 5) is 96.2. The van der Waals surface area contributed by atoms with Crippen LogP contribution in [0.2, 0.25) is 0 Å². The second kappa shape index (κ2) is 58.1. The standard InChI is InChI=1S/C57H108N7O18PS/c1-2-58-49(57(73)83)22-15-16-30-59-51(66)26-27-52(67)61-32-19-36-78-41-45-82-46-42-80-38-21-34-63-54(69)29-28-53(68)62-33-20-37-79-40-44-81-43-39-77-35-18-31-60-50(65)25-24-48(56(71)72)64-55(70)23-14-12-10-8-6-4-3-5-7-9-11-13-17-47-84(74,75)76/h48-49,58H,2-47,83H2,1H3,(H,59,66)(H,60,65)(H,61,67)(H,62,68)(H,63,69)(H,64,70)(H,71,72)(H,74,75,76)/t48-,49-/m0/s1. The number of hydrogen-bond donors (Lipinski definition) is 9. The summed E-state index contributed by atoms with van der Waals surface area (Å²) in [7, 11) is -1.64. The van der Waals surface area contributed by atoms with Crippen LogP contribution in [0.1, 0.15) is 180 Å². The first-order chi connectivity index (χ1) is 40.5. The first kappa shape index (κ1) is 80.0. The van der Waals surface area contributed by atoms with Gasteiger partial charge in [-0.2, -0.15) is 8.42 Å². The number of nitrogens with one attached hydrogen (secondary N) is 7. The summed E-state index contributed by atoms with van der Waals surface area (Å²) in [6.07, 6.45) is 18.0. The highest BCUT2D eigenvalue weighted by atomic mass is 32.2. The number of unbranched alkanes of at least 4 members (excludes halogenated alkanes) is 13. The van der Waals surface area contributed by atoms with E-state index in [-0.39, 0.29) is 97.7 Å². The lowest BCUT2D eigenvalue weighted by Gasteiger charge is -2.14. The molecule has 0 fully saturated rings. The smallest absolute Gasteiger partial charge is 0.326 e. The Balaban J connectivity index is 3.55. The number of amides is 6. The van der Waals surface area contributed by atoms with Crippen LogP contribution in [0.25, 0.3) is 0 Å². The predicted molar refractivity (Wildman–Crippen MR) is 323 cm³/mol. The van der Waals surface area contributed by atoms with Crippen molar-refractivity contribution in [1.29, 1.82) is 0 Å². The normalized spacial score (nSPS) is 12.1. The lowest BCUT2D eigenvalue weighted by molar-refractivity contribution is -0.142. The van der Waals surface area contributed by atoms with Gasteiger partial charge >= 0.3 is 5.97 Å². The van der Waals surface area contributed by atoms with Gasteiger partial charge in [-0.1, -0.05) is 86.8 Å². The quantitative estimate of drug-likeness (QED) is 0.0236. The van der Waals surface area contributed by atoms with Gasteiger partial charge in [0.15, 0.2) is 5.52 Å². The zero-order valence-electron chi connectivity index (χ0n) is 50.6. The van der Waals surface area contributed by atoms with Gasteiger partial charge in [0.2, 0.25) is 35.4 Å². The summed E-state index contributed by atoms with van der Waals surface area (Å²) in [5, 5.41) is 29.2. The fourth-order valence-electron chi connectivity index (χ4n) is 8.19. The van der Waals surface area contributed by atoms with Crippen molar-refractivity contribution in [3.63, 3.8) is 0 Å². The van der Waals surface area contributed by atoms with E-state index in [4.69, 9.17) is 33.0 Å². The number of ether oxygens (including phenoxy) is 6. The number of carboxylic acids is 1. The van der Waals surface area contributed by atoms with E-state index in [9.17, 15) is 51.9 Å². The van der Waals surface area contributed by atoms with Crippen LogP contribution < -0.4 is 37.2 Å². The zero-order chi connectivity index (χ0) is 62.0. The molecule has 0 saturated carbocycles. The average molecular weight is 1240 g/mol. The highest BCUT2D eigenvalue weighted by Gasteiger charge is 2.21. The molecule has 0 aliphatic carbocycles. The fraction of sp³-hybridized carbons (Fsp3) is 0.860. The van der Waals surface area contributed by atoms with Crippen LogP contribution in [0.15, 0.2) is 0 Å². The summed E-state index contributed by atoms with van der Waals surface area (Å²) in [6, 6.07) is -1.31. The topological polar surface area (TPSA) is 351 Å². The van der Waals surface area contributed by atoms with Gasteiger partial charge in [-0.05, 0) is 70.8 Å². The van der Waals surface area contributed by atoms with Gasteiger partial charge in [-0.25, -0.2) is 4.79 Å². The number of likely N-dealkylation sites (N-methyl/N-ethyl adjacent to an activating group) is 1. The van der Waals surface area contributed by atoms with Crippen molar-refractivity contribution in [2.24, 2.45) is 0 Å². The molecule has 0 rings (SSSR count). The number of carboxylic acid groups (broad SMARTS) is 1. The molecule has 0 aromatic carbocycles. The van der Waals surface area contributed by atoms with Crippen molar-refractivity contribution in [2.75, 3.05) is 124 Å². The monoisotopic (exact) mass is 1240 g/mol. The molecule has 27 heteroatoms. The second-order valence-electron chi connectivity index (χ2n) is 20.5. The molecule has 490 valence electrons. The molecule has 25 nitrogen and oxygen atoms in total. The van der Waals surface area contributed by atoms with Gasteiger partial charge in [0.05, 0.1) is 64.6 Å². The van der Waals surface area contributed by atoms with Crippen LogP contribution in [-0.2, 0) is 76.9 Å². The lowest BCUT2D eigenvalue weighted by atomic mass is 10.0. The molecular formula is C57H108N7O18PS. The number of aliphatic carboxylic acids is 1. The van der Waals surface area contributed by atoms with Crippen molar-refractivity contribution >= 4 is 66.3 Å². The van der Waals surface area contributed by atoms with E-state index in [1.807, 2.05) is 6.92 Å². The average Bonchev–Trinajstić information content (AvgIpc) is 3.48. The Labute approximate surface area is 503 Å². The predicted octanol–water partition coefficient (Wildman–Crippen LogP) is 4.04. The van der Waals surface area contributed by atoms with E-state index in [0.717, 1.165) is 90.0 Å². The molecule has 0 heterocycles. The minimum Gasteiger partial charge on any atom is -0.480 e. The van der Waals surface area contributed by atoms with Crippen LogP contribution in [0.4, 0.5) is 0 Å². The maximum atomic E-state index is 12.4. The van der Waals surface area contributed by atoms with E-state index in [1.54, 1.807) is 0 Å².